The molecule has 30 heavy (non-hydrogen) atoms. The minimum atomic E-state index is -4.39. The summed E-state index contributed by atoms with van der Waals surface area (Å²) >= 11 is 0. The first-order chi connectivity index (χ1) is 14.2. The molecule has 160 valence electrons. The molecular weight excluding hydrogens is 395 g/mol. The van der Waals surface area contributed by atoms with Gasteiger partial charge in [-0.1, -0.05) is 6.07 Å². The highest BCUT2D eigenvalue weighted by Crippen LogP contribution is 2.39. The highest BCUT2D eigenvalue weighted by atomic mass is 19.4. The lowest BCUT2D eigenvalue weighted by Crippen LogP contribution is -2.27. The molecule has 0 spiro atoms. The lowest BCUT2D eigenvalue weighted by atomic mass is 9.99. The fraction of sp³-hybridized carbons (Fsp3) is 0.455. The number of aryl methyl sites for hydroxylation is 2. The van der Waals surface area contributed by atoms with Crippen LogP contribution in [0.2, 0.25) is 0 Å². The summed E-state index contributed by atoms with van der Waals surface area (Å²) in [5.74, 6) is 0.395. The number of halogens is 3. The fourth-order valence-electron chi connectivity index (χ4n) is 4.12. The van der Waals surface area contributed by atoms with E-state index in [1.165, 1.54) is 16.1 Å². The quantitative estimate of drug-likeness (QED) is 0.617. The molecule has 3 heterocycles. The average Bonchev–Trinajstić information content (AvgIpc) is 3.09. The molecule has 1 aliphatic rings. The van der Waals surface area contributed by atoms with Crippen molar-refractivity contribution in [1.82, 2.24) is 14.1 Å². The number of aromatic nitrogens is 3. The molecule has 0 aliphatic carbocycles. The molecule has 8 heteroatoms. The smallest absolute Gasteiger partial charge is 0.381 e. The zero-order valence-electron chi connectivity index (χ0n) is 17.2. The van der Waals surface area contributed by atoms with Gasteiger partial charge in [-0.15, -0.1) is 0 Å². The summed E-state index contributed by atoms with van der Waals surface area (Å²) in [6.45, 7) is 3.95. The van der Waals surface area contributed by atoms with Crippen molar-refractivity contribution in [1.29, 1.82) is 0 Å². The standard InChI is InChI=1S/C22H24F3N3O2/c1-13-10-17(12-27(3)21(13)29)16-4-5-18-19(11-16)28(14(2)22(23,24)25)20(26-18)15-6-8-30-9-7-15/h4-5,10-12,14-15H,6-9H2,1-3H3/t14-/m1/s1. The van der Waals surface area contributed by atoms with E-state index in [9.17, 15) is 18.0 Å². The second-order valence-corrected chi connectivity index (χ2v) is 7.98. The Morgan fingerprint density at radius 1 is 1.17 bits per heavy atom. The third kappa shape index (κ3) is 3.64. The van der Waals surface area contributed by atoms with Gasteiger partial charge in [-0.2, -0.15) is 13.2 Å². The van der Waals surface area contributed by atoms with Gasteiger partial charge < -0.3 is 13.9 Å². The maximum atomic E-state index is 13.7. The van der Waals surface area contributed by atoms with Gasteiger partial charge in [0.1, 0.15) is 11.9 Å². The van der Waals surface area contributed by atoms with Crippen LogP contribution in [0.5, 0.6) is 0 Å². The number of nitrogens with zero attached hydrogens (tertiary/aromatic N) is 3. The number of benzene rings is 1. The SMILES string of the molecule is Cc1cc(-c2ccc3nc(C4CCOCC4)n([C@H](C)C(F)(F)F)c3c2)cn(C)c1=O. The minimum Gasteiger partial charge on any atom is -0.381 e. The zero-order valence-corrected chi connectivity index (χ0v) is 17.2. The first-order valence-corrected chi connectivity index (χ1v) is 10.0. The molecule has 1 aromatic carbocycles. The molecule has 5 nitrogen and oxygen atoms in total. The van der Waals surface area contributed by atoms with Crippen molar-refractivity contribution in [3.05, 3.63) is 52.2 Å². The Morgan fingerprint density at radius 3 is 2.50 bits per heavy atom. The van der Waals surface area contributed by atoms with Crippen LogP contribution in [0.3, 0.4) is 0 Å². The van der Waals surface area contributed by atoms with Gasteiger partial charge in [-0.3, -0.25) is 4.79 Å². The Morgan fingerprint density at radius 2 is 1.87 bits per heavy atom. The molecular formula is C22H24F3N3O2. The van der Waals surface area contributed by atoms with Gasteiger partial charge in [0.15, 0.2) is 0 Å². The Bertz CT molecular complexity index is 1110. The first kappa shape index (κ1) is 20.7. The van der Waals surface area contributed by atoms with Crippen LogP contribution < -0.4 is 5.56 Å². The molecule has 4 rings (SSSR count). The van der Waals surface area contributed by atoms with Gasteiger partial charge >= 0.3 is 6.18 Å². The summed E-state index contributed by atoms with van der Waals surface area (Å²) in [7, 11) is 1.66. The lowest BCUT2D eigenvalue weighted by Gasteiger charge is -2.26. The van der Waals surface area contributed by atoms with Gasteiger partial charge in [-0.05, 0) is 56.0 Å². The second-order valence-electron chi connectivity index (χ2n) is 7.98. The first-order valence-electron chi connectivity index (χ1n) is 10.0. The number of hydrogen-bond acceptors (Lipinski definition) is 3. The van der Waals surface area contributed by atoms with Crippen LogP contribution >= 0.6 is 0 Å². The number of rotatable bonds is 3. The predicted octanol–water partition coefficient (Wildman–Crippen LogP) is 4.73. The molecule has 1 atom stereocenters. The monoisotopic (exact) mass is 419 g/mol. The number of alkyl halides is 3. The number of ether oxygens (including phenoxy) is 1. The van der Waals surface area contributed by atoms with E-state index < -0.39 is 12.2 Å². The van der Waals surface area contributed by atoms with Gasteiger partial charge in [0.05, 0.1) is 11.0 Å². The molecule has 1 saturated heterocycles. The van der Waals surface area contributed by atoms with Crippen molar-refractivity contribution in [2.24, 2.45) is 7.05 Å². The van der Waals surface area contributed by atoms with Gasteiger partial charge in [-0.25, -0.2) is 4.98 Å². The highest BCUT2D eigenvalue weighted by Gasteiger charge is 2.40. The molecule has 1 fully saturated rings. The molecule has 0 bridgehead atoms. The molecule has 0 N–H and O–H groups in total. The minimum absolute atomic E-state index is 0.0702. The summed E-state index contributed by atoms with van der Waals surface area (Å²) < 4.78 is 49.5. The van der Waals surface area contributed by atoms with E-state index in [1.54, 1.807) is 38.4 Å². The Hall–Kier alpha value is -2.61. The van der Waals surface area contributed by atoms with Crippen molar-refractivity contribution >= 4 is 11.0 Å². The van der Waals surface area contributed by atoms with Crippen LogP contribution in [0.15, 0.2) is 35.3 Å². The highest BCUT2D eigenvalue weighted by molar-refractivity contribution is 5.83. The third-order valence-corrected chi connectivity index (χ3v) is 5.86. The average molecular weight is 419 g/mol. The van der Waals surface area contributed by atoms with E-state index in [1.807, 2.05) is 6.07 Å². The fourth-order valence-corrected chi connectivity index (χ4v) is 4.12. The molecule has 0 radical (unpaired) electrons. The van der Waals surface area contributed by atoms with E-state index in [0.29, 0.717) is 48.5 Å². The summed E-state index contributed by atoms with van der Waals surface area (Å²) in [5, 5.41) is 0. The van der Waals surface area contributed by atoms with E-state index in [0.717, 1.165) is 11.1 Å². The van der Waals surface area contributed by atoms with Gasteiger partial charge in [0, 0.05) is 37.9 Å². The van der Waals surface area contributed by atoms with E-state index in [2.05, 4.69) is 4.98 Å². The predicted molar refractivity (Wildman–Crippen MR) is 109 cm³/mol. The summed E-state index contributed by atoms with van der Waals surface area (Å²) in [6, 6.07) is 5.40. The number of hydrogen-bond donors (Lipinski definition) is 0. The topological polar surface area (TPSA) is 49.0 Å². The molecule has 3 aromatic rings. The van der Waals surface area contributed by atoms with Crippen molar-refractivity contribution < 1.29 is 17.9 Å². The van der Waals surface area contributed by atoms with Crippen LogP contribution in [0, 0.1) is 6.92 Å². The van der Waals surface area contributed by atoms with Crippen molar-refractivity contribution in [2.75, 3.05) is 13.2 Å². The lowest BCUT2D eigenvalue weighted by molar-refractivity contribution is -0.162. The van der Waals surface area contributed by atoms with Crippen molar-refractivity contribution in [2.45, 2.75) is 44.8 Å². The molecule has 0 amide bonds. The van der Waals surface area contributed by atoms with Crippen molar-refractivity contribution in [3.63, 3.8) is 0 Å². The zero-order chi connectivity index (χ0) is 21.6. The summed E-state index contributed by atoms with van der Waals surface area (Å²) in [5.41, 5.74) is 2.99. The second kappa shape index (κ2) is 7.58. The van der Waals surface area contributed by atoms with Crippen molar-refractivity contribution in [3.8, 4) is 11.1 Å². The number of imidazole rings is 1. The Balaban J connectivity index is 1.91. The largest absolute Gasteiger partial charge is 0.408 e. The van der Waals surface area contributed by atoms with Crippen LogP contribution in [-0.4, -0.2) is 33.5 Å². The Labute approximate surface area is 172 Å². The van der Waals surface area contributed by atoms with Crippen LogP contribution in [-0.2, 0) is 11.8 Å². The Kier molecular flexibility index (Phi) is 5.22. The molecule has 2 aromatic heterocycles. The van der Waals surface area contributed by atoms with E-state index >= 15 is 0 Å². The maximum absolute atomic E-state index is 13.7. The molecule has 0 unspecified atom stereocenters. The number of fused-ring (bicyclic) bond motifs is 1. The van der Waals surface area contributed by atoms with E-state index in [-0.39, 0.29) is 11.5 Å². The van der Waals surface area contributed by atoms with Gasteiger partial charge in [0.25, 0.3) is 5.56 Å². The molecule has 1 aliphatic heterocycles. The van der Waals surface area contributed by atoms with Crippen LogP contribution in [0.25, 0.3) is 22.2 Å². The summed E-state index contributed by atoms with van der Waals surface area (Å²) in [4.78, 5) is 16.6. The normalized spacial score (nSPS) is 16.9. The summed E-state index contributed by atoms with van der Waals surface area (Å²) in [6.07, 6.45) is -1.39. The van der Waals surface area contributed by atoms with Gasteiger partial charge in [0.2, 0.25) is 0 Å². The number of pyridine rings is 1. The van der Waals surface area contributed by atoms with E-state index in [4.69, 9.17) is 4.74 Å². The third-order valence-electron chi connectivity index (χ3n) is 5.86. The maximum Gasteiger partial charge on any atom is 0.408 e. The molecule has 0 saturated carbocycles. The van der Waals surface area contributed by atoms with Crippen LogP contribution in [0.1, 0.15) is 43.1 Å². The van der Waals surface area contributed by atoms with Crippen LogP contribution in [0.4, 0.5) is 13.2 Å².